The molecule has 1 atom stereocenters. The van der Waals surface area contributed by atoms with Crippen LogP contribution in [0.5, 0.6) is 0 Å². The van der Waals surface area contributed by atoms with Crippen LogP contribution in [0.1, 0.15) is 28.6 Å². The molecule has 1 unspecified atom stereocenters. The summed E-state index contributed by atoms with van der Waals surface area (Å²) in [6, 6.07) is 2.12. The maximum absolute atomic E-state index is 12.4. The summed E-state index contributed by atoms with van der Waals surface area (Å²) in [6.45, 7) is 2.45. The molecule has 5 heteroatoms. The zero-order valence-corrected chi connectivity index (χ0v) is 13.2. The third-order valence-corrected chi connectivity index (χ3v) is 4.42. The van der Waals surface area contributed by atoms with Crippen LogP contribution in [0.4, 0.5) is 0 Å². The quantitative estimate of drug-likeness (QED) is 0.848. The number of amides is 1. The summed E-state index contributed by atoms with van der Waals surface area (Å²) in [6.07, 6.45) is 3.03. The van der Waals surface area contributed by atoms with Crippen molar-refractivity contribution >= 4 is 29.0 Å². The Morgan fingerprint density at radius 2 is 2.37 bits per heavy atom. The Balaban J connectivity index is 2.78. The van der Waals surface area contributed by atoms with Crippen LogP contribution in [0.3, 0.4) is 0 Å². The fourth-order valence-corrected chi connectivity index (χ4v) is 3.31. The van der Waals surface area contributed by atoms with E-state index in [2.05, 4.69) is 25.0 Å². The maximum Gasteiger partial charge on any atom is 0.254 e. The van der Waals surface area contributed by atoms with Crippen molar-refractivity contribution in [2.45, 2.75) is 19.4 Å². The van der Waals surface area contributed by atoms with E-state index in [1.54, 1.807) is 11.8 Å². The van der Waals surface area contributed by atoms with Gasteiger partial charge in [-0.2, -0.15) is 11.8 Å². The van der Waals surface area contributed by atoms with Gasteiger partial charge < -0.3 is 10.6 Å². The topological polar surface area (TPSA) is 46.3 Å². The number of carbonyl (C=O) groups is 1. The lowest BCUT2D eigenvalue weighted by Crippen LogP contribution is -2.38. The first-order valence-electron chi connectivity index (χ1n) is 6.17. The third-order valence-electron chi connectivity index (χ3n) is 2.86. The van der Waals surface area contributed by atoms with Gasteiger partial charge in [-0.25, -0.2) is 0 Å². The number of hydrogen-bond acceptors (Lipinski definition) is 4. The minimum Gasteiger partial charge on any atom is -0.338 e. The van der Waals surface area contributed by atoms with Gasteiger partial charge in [-0.15, -0.1) is 11.3 Å². The second-order valence-electron chi connectivity index (χ2n) is 4.14. The van der Waals surface area contributed by atoms with Crippen molar-refractivity contribution in [3.8, 4) is 11.8 Å². The summed E-state index contributed by atoms with van der Waals surface area (Å²) in [5, 5.41) is 1.87. The highest BCUT2D eigenvalue weighted by Crippen LogP contribution is 2.18. The molecule has 0 aliphatic rings. The van der Waals surface area contributed by atoms with Crippen LogP contribution < -0.4 is 5.73 Å². The molecule has 0 aliphatic heterocycles. The van der Waals surface area contributed by atoms with Crippen LogP contribution in [-0.2, 0) is 0 Å². The highest BCUT2D eigenvalue weighted by molar-refractivity contribution is 7.98. The van der Waals surface area contributed by atoms with Crippen molar-refractivity contribution in [2.24, 2.45) is 5.73 Å². The molecular formula is C14H20N2OS2. The van der Waals surface area contributed by atoms with Gasteiger partial charge in [-0.1, -0.05) is 18.8 Å². The van der Waals surface area contributed by atoms with E-state index in [4.69, 9.17) is 5.73 Å². The molecule has 1 aromatic rings. The summed E-state index contributed by atoms with van der Waals surface area (Å²) < 4.78 is 0. The van der Waals surface area contributed by atoms with Gasteiger partial charge in [-0.05, 0) is 18.7 Å². The summed E-state index contributed by atoms with van der Waals surface area (Å²) in [5.74, 6) is 6.78. The summed E-state index contributed by atoms with van der Waals surface area (Å²) in [5.41, 5.74) is 6.05. The molecule has 0 saturated heterocycles. The zero-order chi connectivity index (χ0) is 14.3. The minimum atomic E-state index is 0.0675. The normalized spacial score (nSPS) is 11.6. The number of rotatable bonds is 5. The highest BCUT2D eigenvalue weighted by Gasteiger charge is 2.20. The molecule has 0 fully saturated rings. The molecule has 1 amide bonds. The van der Waals surface area contributed by atoms with E-state index in [0.29, 0.717) is 12.1 Å². The Labute approximate surface area is 123 Å². The molecule has 1 aromatic heterocycles. The second kappa shape index (κ2) is 8.26. The van der Waals surface area contributed by atoms with Gasteiger partial charge in [-0.3, -0.25) is 4.79 Å². The fourth-order valence-electron chi connectivity index (χ4n) is 1.72. The van der Waals surface area contributed by atoms with Gasteiger partial charge in [0.15, 0.2) is 0 Å². The predicted molar refractivity (Wildman–Crippen MR) is 84.8 cm³/mol. The molecule has 0 saturated carbocycles. The van der Waals surface area contributed by atoms with Crippen LogP contribution in [0.15, 0.2) is 11.4 Å². The maximum atomic E-state index is 12.4. The average molecular weight is 296 g/mol. The molecule has 1 heterocycles. The first-order chi connectivity index (χ1) is 9.13. The van der Waals surface area contributed by atoms with Gasteiger partial charge in [0.1, 0.15) is 0 Å². The molecule has 3 nitrogen and oxygen atoms in total. The smallest absolute Gasteiger partial charge is 0.254 e. The molecule has 0 aromatic carbocycles. The Bertz CT molecular complexity index is 473. The van der Waals surface area contributed by atoms with E-state index in [1.807, 2.05) is 23.4 Å². The van der Waals surface area contributed by atoms with Crippen molar-refractivity contribution in [3.05, 3.63) is 21.9 Å². The Kier molecular flexibility index (Phi) is 7.00. The lowest BCUT2D eigenvalue weighted by molar-refractivity contribution is 0.0744. The Morgan fingerprint density at radius 3 is 2.95 bits per heavy atom. The summed E-state index contributed by atoms with van der Waals surface area (Å²) in [4.78, 5) is 15.1. The van der Waals surface area contributed by atoms with Crippen molar-refractivity contribution < 1.29 is 4.79 Å². The second-order valence-corrected chi connectivity index (χ2v) is 5.96. The summed E-state index contributed by atoms with van der Waals surface area (Å²) >= 11 is 3.25. The lowest BCUT2D eigenvalue weighted by atomic mass is 10.2. The first kappa shape index (κ1) is 16.1. The van der Waals surface area contributed by atoms with Crippen LogP contribution in [0.2, 0.25) is 0 Å². The third kappa shape index (κ3) is 4.57. The zero-order valence-electron chi connectivity index (χ0n) is 11.6. The van der Waals surface area contributed by atoms with Crippen LogP contribution in [0, 0.1) is 11.8 Å². The van der Waals surface area contributed by atoms with E-state index < -0.39 is 0 Å². The fraction of sp³-hybridized carbons (Fsp3) is 0.500. The van der Waals surface area contributed by atoms with Crippen LogP contribution >= 0.6 is 23.1 Å². The number of carbonyl (C=O) groups excluding carboxylic acids is 1. The Morgan fingerprint density at radius 1 is 1.63 bits per heavy atom. The summed E-state index contributed by atoms with van der Waals surface area (Å²) in [7, 11) is 1.87. The number of hydrogen-bond donors (Lipinski definition) is 1. The van der Waals surface area contributed by atoms with Gasteiger partial charge >= 0.3 is 0 Å². The van der Waals surface area contributed by atoms with E-state index in [0.717, 1.165) is 17.1 Å². The van der Waals surface area contributed by atoms with E-state index >= 15 is 0 Å². The molecular weight excluding hydrogens is 276 g/mol. The van der Waals surface area contributed by atoms with Gasteiger partial charge in [0.05, 0.1) is 17.0 Å². The van der Waals surface area contributed by atoms with E-state index in [1.165, 1.54) is 11.3 Å². The standard InChI is InChI=1S/C14H20N2OS2/c1-4-12(10-18-3)16(2)14(17)11-8-13(19-9-11)6-5-7-15/h8-9,12H,4,7,10,15H2,1-3H3. The van der Waals surface area contributed by atoms with E-state index in [-0.39, 0.29) is 11.9 Å². The minimum absolute atomic E-state index is 0.0675. The van der Waals surface area contributed by atoms with E-state index in [9.17, 15) is 4.79 Å². The molecule has 0 radical (unpaired) electrons. The van der Waals surface area contributed by atoms with Gasteiger partial charge in [0.2, 0.25) is 0 Å². The molecule has 0 aliphatic carbocycles. The highest BCUT2D eigenvalue weighted by atomic mass is 32.2. The number of nitrogens with two attached hydrogens (primary N) is 1. The number of thioether (sulfide) groups is 1. The van der Waals surface area contributed by atoms with Crippen molar-refractivity contribution in [3.63, 3.8) is 0 Å². The molecule has 104 valence electrons. The number of nitrogens with zero attached hydrogens (tertiary/aromatic N) is 1. The molecule has 0 bridgehead atoms. The average Bonchev–Trinajstić information content (AvgIpc) is 2.89. The monoisotopic (exact) mass is 296 g/mol. The first-order valence-corrected chi connectivity index (χ1v) is 8.44. The van der Waals surface area contributed by atoms with Crippen LogP contribution in [-0.4, -0.2) is 42.4 Å². The van der Waals surface area contributed by atoms with Crippen molar-refractivity contribution in [1.82, 2.24) is 4.90 Å². The molecule has 19 heavy (non-hydrogen) atoms. The number of thiophene rings is 1. The Hall–Kier alpha value is -0.960. The molecule has 1 rings (SSSR count). The molecule has 0 spiro atoms. The van der Waals surface area contributed by atoms with Crippen molar-refractivity contribution in [1.29, 1.82) is 0 Å². The predicted octanol–water partition coefficient (Wildman–Crippen LogP) is 2.27. The molecule has 2 N–H and O–H groups in total. The lowest BCUT2D eigenvalue weighted by Gasteiger charge is -2.26. The van der Waals surface area contributed by atoms with Crippen molar-refractivity contribution in [2.75, 3.05) is 25.6 Å². The SMILES string of the molecule is CCC(CSC)N(C)C(=O)c1csc(C#CCN)c1. The van der Waals surface area contributed by atoms with Gasteiger partial charge in [0, 0.05) is 24.2 Å². The largest absolute Gasteiger partial charge is 0.338 e. The van der Waals surface area contributed by atoms with Crippen LogP contribution in [0.25, 0.3) is 0 Å². The van der Waals surface area contributed by atoms with Gasteiger partial charge in [0.25, 0.3) is 5.91 Å².